The number of rotatable bonds is 3. The SMILES string of the molecule is CNC(=O)C(C=O)C(=O)OC(C)(C)C. The summed E-state index contributed by atoms with van der Waals surface area (Å²) in [6, 6.07) is 0. The van der Waals surface area contributed by atoms with E-state index < -0.39 is 23.4 Å². The van der Waals surface area contributed by atoms with E-state index in [1.54, 1.807) is 20.8 Å². The molecule has 1 N–H and O–H groups in total. The minimum atomic E-state index is -1.38. The summed E-state index contributed by atoms with van der Waals surface area (Å²) in [5, 5.41) is 2.21. The molecule has 0 radical (unpaired) electrons. The molecule has 0 aliphatic carbocycles. The molecule has 0 rings (SSSR count). The van der Waals surface area contributed by atoms with Crippen molar-refractivity contribution in [2.75, 3.05) is 7.05 Å². The van der Waals surface area contributed by atoms with Gasteiger partial charge >= 0.3 is 5.97 Å². The Morgan fingerprint density at radius 2 is 1.86 bits per heavy atom. The van der Waals surface area contributed by atoms with Crippen LogP contribution < -0.4 is 5.32 Å². The number of hydrogen-bond donors (Lipinski definition) is 1. The summed E-state index contributed by atoms with van der Waals surface area (Å²) in [6.45, 7) is 4.99. The van der Waals surface area contributed by atoms with Crippen LogP contribution in [-0.2, 0) is 19.1 Å². The molecule has 0 aromatic rings. The van der Waals surface area contributed by atoms with Crippen molar-refractivity contribution in [3.63, 3.8) is 0 Å². The zero-order valence-corrected chi connectivity index (χ0v) is 8.79. The van der Waals surface area contributed by atoms with E-state index in [0.29, 0.717) is 0 Å². The van der Waals surface area contributed by atoms with Crippen molar-refractivity contribution in [2.45, 2.75) is 26.4 Å². The Morgan fingerprint density at radius 1 is 1.36 bits per heavy atom. The molecule has 0 spiro atoms. The first kappa shape index (κ1) is 12.6. The number of carbonyl (C=O) groups is 3. The number of nitrogens with one attached hydrogen (secondary N) is 1. The third-order valence-electron chi connectivity index (χ3n) is 1.33. The normalized spacial score (nSPS) is 12.9. The van der Waals surface area contributed by atoms with Crippen LogP contribution in [0.5, 0.6) is 0 Å². The third-order valence-corrected chi connectivity index (χ3v) is 1.33. The van der Waals surface area contributed by atoms with Gasteiger partial charge in [-0.2, -0.15) is 0 Å². The molecule has 0 heterocycles. The summed E-state index contributed by atoms with van der Waals surface area (Å²) >= 11 is 0. The second-order valence-corrected chi connectivity index (χ2v) is 3.76. The number of amides is 1. The first-order valence-corrected chi connectivity index (χ1v) is 4.21. The smallest absolute Gasteiger partial charge is 0.326 e. The van der Waals surface area contributed by atoms with Gasteiger partial charge in [0.25, 0.3) is 0 Å². The highest BCUT2D eigenvalue weighted by Gasteiger charge is 2.30. The zero-order chi connectivity index (χ0) is 11.4. The topological polar surface area (TPSA) is 72.5 Å². The van der Waals surface area contributed by atoms with Gasteiger partial charge in [-0.15, -0.1) is 0 Å². The number of hydrogen-bond acceptors (Lipinski definition) is 4. The molecule has 1 atom stereocenters. The average Bonchev–Trinajstić information content (AvgIpc) is 2.01. The third kappa shape index (κ3) is 4.02. The van der Waals surface area contributed by atoms with Crippen molar-refractivity contribution >= 4 is 18.2 Å². The number of aldehydes is 1. The van der Waals surface area contributed by atoms with Crippen LogP contribution in [0.15, 0.2) is 0 Å². The molecule has 5 heteroatoms. The van der Waals surface area contributed by atoms with E-state index in [-0.39, 0.29) is 6.29 Å². The lowest BCUT2D eigenvalue weighted by atomic mass is 10.1. The summed E-state index contributed by atoms with van der Waals surface area (Å²) in [6.07, 6.45) is 0.271. The number of carbonyl (C=O) groups excluding carboxylic acids is 3. The Labute approximate surface area is 82.8 Å². The highest BCUT2D eigenvalue weighted by atomic mass is 16.6. The van der Waals surface area contributed by atoms with Crippen molar-refractivity contribution in [3.05, 3.63) is 0 Å². The van der Waals surface area contributed by atoms with E-state index in [4.69, 9.17) is 4.74 Å². The van der Waals surface area contributed by atoms with Crippen molar-refractivity contribution in [1.29, 1.82) is 0 Å². The minimum absolute atomic E-state index is 0.271. The van der Waals surface area contributed by atoms with Crippen molar-refractivity contribution in [2.24, 2.45) is 5.92 Å². The standard InChI is InChI=1S/C9H15NO4/c1-9(2,3)14-8(13)6(5-11)7(12)10-4/h5-6H,1-4H3,(H,10,12). The Balaban J connectivity index is 4.48. The molecule has 14 heavy (non-hydrogen) atoms. The van der Waals surface area contributed by atoms with E-state index >= 15 is 0 Å². The lowest BCUT2D eigenvalue weighted by Gasteiger charge is -2.21. The van der Waals surface area contributed by atoms with Crippen molar-refractivity contribution < 1.29 is 19.1 Å². The fourth-order valence-corrected chi connectivity index (χ4v) is 0.745. The Hall–Kier alpha value is -1.39. The van der Waals surface area contributed by atoms with E-state index in [0.717, 1.165) is 0 Å². The van der Waals surface area contributed by atoms with Gasteiger partial charge in [0.2, 0.25) is 5.91 Å². The van der Waals surface area contributed by atoms with E-state index in [9.17, 15) is 14.4 Å². The molecule has 0 saturated heterocycles. The zero-order valence-electron chi connectivity index (χ0n) is 8.79. The van der Waals surface area contributed by atoms with Crippen LogP contribution in [0.2, 0.25) is 0 Å². The van der Waals surface area contributed by atoms with Crippen molar-refractivity contribution in [3.8, 4) is 0 Å². The minimum Gasteiger partial charge on any atom is -0.459 e. The predicted octanol–water partition coefficient (Wildman–Crippen LogP) is -0.111. The van der Waals surface area contributed by atoms with Gasteiger partial charge in [-0.3, -0.25) is 9.59 Å². The van der Waals surface area contributed by atoms with E-state index in [1.165, 1.54) is 7.05 Å². The van der Waals surface area contributed by atoms with E-state index in [2.05, 4.69) is 5.32 Å². The average molecular weight is 201 g/mol. The maximum absolute atomic E-state index is 11.3. The van der Waals surface area contributed by atoms with Crippen LogP contribution in [0.25, 0.3) is 0 Å². The van der Waals surface area contributed by atoms with Crippen molar-refractivity contribution in [1.82, 2.24) is 5.32 Å². The first-order chi connectivity index (χ1) is 6.31. The van der Waals surface area contributed by atoms with Gasteiger partial charge < -0.3 is 14.8 Å². The summed E-state index contributed by atoms with van der Waals surface area (Å²) < 4.78 is 4.88. The molecule has 0 aliphatic rings. The van der Waals surface area contributed by atoms with Gasteiger partial charge in [0.1, 0.15) is 11.9 Å². The molecule has 1 amide bonds. The van der Waals surface area contributed by atoms with Crippen LogP contribution >= 0.6 is 0 Å². The maximum atomic E-state index is 11.3. The summed E-state index contributed by atoms with van der Waals surface area (Å²) in [4.78, 5) is 32.8. The Bertz CT molecular complexity index is 242. The fraction of sp³-hybridized carbons (Fsp3) is 0.667. The van der Waals surface area contributed by atoms with E-state index in [1.807, 2.05) is 0 Å². The molecule has 0 aromatic carbocycles. The molecule has 0 saturated carbocycles. The second-order valence-electron chi connectivity index (χ2n) is 3.76. The van der Waals surface area contributed by atoms with Gasteiger partial charge in [0.05, 0.1) is 0 Å². The second kappa shape index (κ2) is 4.74. The quantitative estimate of drug-likeness (QED) is 0.393. The molecule has 0 fully saturated rings. The molecule has 80 valence electrons. The number of ether oxygens (including phenoxy) is 1. The largest absolute Gasteiger partial charge is 0.459 e. The maximum Gasteiger partial charge on any atom is 0.326 e. The van der Waals surface area contributed by atoms with Gasteiger partial charge in [0, 0.05) is 7.05 Å². The molecular formula is C9H15NO4. The molecular weight excluding hydrogens is 186 g/mol. The highest BCUT2D eigenvalue weighted by Crippen LogP contribution is 2.10. The Kier molecular flexibility index (Phi) is 4.27. The first-order valence-electron chi connectivity index (χ1n) is 4.21. The molecule has 0 bridgehead atoms. The molecule has 0 aliphatic heterocycles. The van der Waals surface area contributed by atoms with Gasteiger partial charge in [0.15, 0.2) is 5.92 Å². The van der Waals surface area contributed by atoms with Crippen LogP contribution in [0.4, 0.5) is 0 Å². The van der Waals surface area contributed by atoms with Crippen LogP contribution in [0.3, 0.4) is 0 Å². The highest BCUT2D eigenvalue weighted by molar-refractivity contribution is 6.09. The summed E-state index contributed by atoms with van der Waals surface area (Å²) in [5.41, 5.74) is -0.702. The molecule has 5 nitrogen and oxygen atoms in total. The lowest BCUT2D eigenvalue weighted by molar-refractivity contribution is -0.162. The van der Waals surface area contributed by atoms with Gasteiger partial charge in [-0.05, 0) is 20.8 Å². The monoisotopic (exact) mass is 201 g/mol. The molecule has 0 aromatic heterocycles. The van der Waals surface area contributed by atoms with Crippen LogP contribution in [0, 0.1) is 5.92 Å². The van der Waals surface area contributed by atoms with Gasteiger partial charge in [-0.25, -0.2) is 0 Å². The lowest BCUT2D eigenvalue weighted by Crippen LogP contribution is -2.38. The van der Waals surface area contributed by atoms with Gasteiger partial charge in [-0.1, -0.05) is 0 Å². The van der Waals surface area contributed by atoms with Crippen LogP contribution in [0.1, 0.15) is 20.8 Å². The molecule has 1 unspecified atom stereocenters. The predicted molar refractivity (Wildman–Crippen MR) is 49.5 cm³/mol. The Morgan fingerprint density at radius 3 is 2.14 bits per heavy atom. The fourth-order valence-electron chi connectivity index (χ4n) is 0.745. The van der Waals surface area contributed by atoms with Crippen LogP contribution in [-0.4, -0.2) is 30.8 Å². The summed E-state index contributed by atoms with van der Waals surface area (Å²) in [7, 11) is 1.35. The number of esters is 1. The summed E-state index contributed by atoms with van der Waals surface area (Å²) in [5.74, 6) is -2.86.